The van der Waals surface area contributed by atoms with Crippen molar-refractivity contribution in [3.05, 3.63) is 47.5 Å². The molecule has 0 saturated carbocycles. The average Bonchev–Trinajstić information content (AvgIpc) is 2.59. The Labute approximate surface area is 137 Å². The van der Waals surface area contributed by atoms with E-state index in [2.05, 4.69) is 16.7 Å². The molecule has 0 spiro atoms. The number of rotatable bonds is 4. The maximum atomic E-state index is 5.34. The molecule has 0 fully saturated rings. The number of ether oxygens (including phenoxy) is 3. The largest absolute Gasteiger partial charge is 0.493 e. The number of nitrogens with zero attached hydrogens (tertiary/aromatic N) is 1. The molecular formula is C19H21NO3. The van der Waals surface area contributed by atoms with Crippen LogP contribution in [0.2, 0.25) is 0 Å². The van der Waals surface area contributed by atoms with E-state index in [1.807, 2.05) is 50.5 Å². The normalized spacial score (nSPS) is 9.61. The summed E-state index contributed by atoms with van der Waals surface area (Å²) in [6.07, 6.45) is 0. The molecule has 0 radical (unpaired) electrons. The van der Waals surface area contributed by atoms with Gasteiger partial charge >= 0.3 is 0 Å². The highest BCUT2D eigenvalue weighted by Gasteiger charge is 2.12. The Morgan fingerprint density at radius 2 is 1.26 bits per heavy atom. The first-order chi connectivity index (χ1) is 11.1. The highest BCUT2D eigenvalue weighted by Crippen LogP contribution is 2.37. The zero-order valence-electron chi connectivity index (χ0n) is 14.1. The van der Waals surface area contributed by atoms with Gasteiger partial charge < -0.3 is 19.1 Å². The second kappa shape index (κ2) is 7.46. The minimum absolute atomic E-state index is 0.566. The van der Waals surface area contributed by atoms with Crippen molar-refractivity contribution in [2.24, 2.45) is 0 Å². The molecule has 0 amide bonds. The Morgan fingerprint density at radius 3 is 1.70 bits per heavy atom. The van der Waals surface area contributed by atoms with Gasteiger partial charge in [-0.25, -0.2) is 0 Å². The zero-order valence-corrected chi connectivity index (χ0v) is 14.1. The summed E-state index contributed by atoms with van der Waals surface area (Å²) in [5, 5.41) is 0. The lowest BCUT2D eigenvalue weighted by atomic mass is 10.1. The van der Waals surface area contributed by atoms with Crippen molar-refractivity contribution in [2.75, 3.05) is 40.3 Å². The van der Waals surface area contributed by atoms with Crippen molar-refractivity contribution >= 4 is 5.69 Å². The van der Waals surface area contributed by atoms with E-state index in [0.29, 0.717) is 17.2 Å². The van der Waals surface area contributed by atoms with Crippen LogP contribution in [0.25, 0.3) is 0 Å². The summed E-state index contributed by atoms with van der Waals surface area (Å²) >= 11 is 0. The highest BCUT2D eigenvalue weighted by atomic mass is 16.5. The fraction of sp³-hybridized carbons (Fsp3) is 0.263. The van der Waals surface area contributed by atoms with Crippen molar-refractivity contribution in [3.8, 4) is 29.1 Å². The number of hydrogen-bond acceptors (Lipinski definition) is 4. The molecule has 4 nitrogen and oxygen atoms in total. The fourth-order valence-electron chi connectivity index (χ4n) is 2.14. The molecule has 0 atom stereocenters. The van der Waals surface area contributed by atoms with Gasteiger partial charge in [-0.05, 0) is 36.4 Å². The van der Waals surface area contributed by atoms with Crippen molar-refractivity contribution in [1.82, 2.24) is 0 Å². The predicted octanol–water partition coefficient (Wildman–Crippen LogP) is 3.18. The zero-order chi connectivity index (χ0) is 16.8. The summed E-state index contributed by atoms with van der Waals surface area (Å²) < 4.78 is 16.0. The van der Waals surface area contributed by atoms with Gasteiger partial charge in [0.25, 0.3) is 0 Å². The molecule has 0 aliphatic carbocycles. The van der Waals surface area contributed by atoms with Gasteiger partial charge in [-0.2, -0.15) is 0 Å². The van der Waals surface area contributed by atoms with Gasteiger partial charge in [0, 0.05) is 30.9 Å². The monoisotopic (exact) mass is 311 g/mol. The molecular weight excluding hydrogens is 290 g/mol. The van der Waals surface area contributed by atoms with Gasteiger partial charge in [0.15, 0.2) is 11.5 Å². The van der Waals surface area contributed by atoms with Crippen LogP contribution in [-0.2, 0) is 0 Å². The van der Waals surface area contributed by atoms with Crippen molar-refractivity contribution in [2.45, 2.75) is 0 Å². The number of anilines is 1. The smallest absolute Gasteiger partial charge is 0.203 e. The van der Waals surface area contributed by atoms with Crippen LogP contribution < -0.4 is 19.1 Å². The highest BCUT2D eigenvalue weighted by molar-refractivity contribution is 5.58. The van der Waals surface area contributed by atoms with E-state index in [9.17, 15) is 0 Å². The number of benzene rings is 2. The molecule has 2 aromatic carbocycles. The molecule has 0 aromatic heterocycles. The Hall–Kier alpha value is -2.80. The molecule has 0 aliphatic heterocycles. The van der Waals surface area contributed by atoms with Crippen molar-refractivity contribution < 1.29 is 14.2 Å². The minimum atomic E-state index is 0.566. The predicted molar refractivity (Wildman–Crippen MR) is 92.8 cm³/mol. The quantitative estimate of drug-likeness (QED) is 0.812. The summed E-state index contributed by atoms with van der Waals surface area (Å²) in [4.78, 5) is 2.05. The van der Waals surface area contributed by atoms with E-state index in [1.165, 1.54) is 0 Å². The van der Waals surface area contributed by atoms with E-state index in [1.54, 1.807) is 21.3 Å². The van der Waals surface area contributed by atoms with Crippen LogP contribution in [0.15, 0.2) is 36.4 Å². The maximum Gasteiger partial charge on any atom is 0.203 e. The fourth-order valence-corrected chi connectivity index (χ4v) is 2.14. The second-order valence-corrected chi connectivity index (χ2v) is 5.11. The van der Waals surface area contributed by atoms with Gasteiger partial charge in [0.2, 0.25) is 5.75 Å². The van der Waals surface area contributed by atoms with E-state index >= 15 is 0 Å². The number of methoxy groups -OCH3 is 3. The summed E-state index contributed by atoms with van der Waals surface area (Å²) in [5.41, 5.74) is 2.89. The third-order valence-electron chi connectivity index (χ3n) is 3.40. The Morgan fingerprint density at radius 1 is 0.739 bits per heavy atom. The first-order valence-electron chi connectivity index (χ1n) is 7.18. The molecule has 0 bridgehead atoms. The minimum Gasteiger partial charge on any atom is -0.493 e. The van der Waals surface area contributed by atoms with Crippen molar-refractivity contribution in [1.29, 1.82) is 0 Å². The lowest BCUT2D eigenvalue weighted by molar-refractivity contribution is 0.324. The lowest BCUT2D eigenvalue weighted by Gasteiger charge is -2.12. The van der Waals surface area contributed by atoms with Gasteiger partial charge in [0.1, 0.15) is 0 Å². The summed E-state index contributed by atoms with van der Waals surface area (Å²) in [6, 6.07) is 11.8. The number of hydrogen-bond donors (Lipinski definition) is 0. The average molecular weight is 311 g/mol. The maximum absolute atomic E-state index is 5.34. The first-order valence-corrected chi connectivity index (χ1v) is 7.18. The SMILES string of the molecule is COc1cc(C#Cc2ccc(N(C)C)cc2)cc(OC)c1OC. The van der Waals surface area contributed by atoms with Crippen LogP contribution in [0.4, 0.5) is 5.69 Å². The molecule has 0 saturated heterocycles. The summed E-state index contributed by atoms with van der Waals surface area (Å²) in [7, 11) is 8.79. The van der Waals surface area contributed by atoms with Crippen LogP contribution in [0.1, 0.15) is 11.1 Å². The van der Waals surface area contributed by atoms with Gasteiger partial charge in [-0.1, -0.05) is 11.8 Å². The van der Waals surface area contributed by atoms with Gasteiger partial charge in [-0.3, -0.25) is 0 Å². The van der Waals surface area contributed by atoms with E-state index in [0.717, 1.165) is 16.8 Å². The Balaban J connectivity index is 2.33. The Bertz CT molecular complexity index is 700. The standard InChI is InChI=1S/C19H21NO3/c1-20(2)16-10-8-14(9-11-16)6-7-15-12-17(21-3)19(23-5)18(13-15)22-4/h8-13H,1-5H3. The van der Waals surface area contributed by atoms with Gasteiger partial charge in [-0.15, -0.1) is 0 Å². The molecule has 0 heterocycles. The van der Waals surface area contributed by atoms with Crippen LogP contribution in [-0.4, -0.2) is 35.4 Å². The summed E-state index contributed by atoms with van der Waals surface area (Å²) in [5.74, 6) is 8.04. The van der Waals surface area contributed by atoms with E-state index in [4.69, 9.17) is 14.2 Å². The van der Waals surface area contributed by atoms with Crippen molar-refractivity contribution in [3.63, 3.8) is 0 Å². The van der Waals surface area contributed by atoms with Crippen LogP contribution in [0.3, 0.4) is 0 Å². The Kier molecular flexibility index (Phi) is 5.37. The molecule has 0 unspecified atom stereocenters. The lowest BCUT2D eigenvalue weighted by Crippen LogP contribution is -2.07. The molecule has 0 aliphatic rings. The third kappa shape index (κ3) is 3.89. The van der Waals surface area contributed by atoms with E-state index < -0.39 is 0 Å². The molecule has 4 heteroatoms. The van der Waals surface area contributed by atoms with Crippen LogP contribution in [0.5, 0.6) is 17.2 Å². The molecule has 0 N–H and O–H groups in total. The topological polar surface area (TPSA) is 30.9 Å². The van der Waals surface area contributed by atoms with Gasteiger partial charge in [0.05, 0.1) is 21.3 Å². The molecule has 120 valence electrons. The second-order valence-electron chi connectivity index (χ2n) is 5.11. The third-order valence-corrected chi connectivity index (χ3v) is 3.40. The summed E-state index contributed by atoms with van der Waals surface area (Å²) in [6.45, 7) is 0. The molecule has 2 aromatic rings. The van der Waals surface area contributed by atoms with Crippen LogP contribution in [0, 0.1) is 11.8 Å². The van der Waals surface area contributed by atoms with Crippen LogP contribution >= 0.6 is 0 Å². The molecule has 23 heavy (non-hydrogen) atoms. The first kappa shape index (κ1) is 16.6. The molecule has 2 rings (SSSR count). The van der Waals surface area contributed by atoms with E-state index in [-0.39, 0.29) is 0 Å².